The average Bonchev–Trinajstić information content (AvgIpc) is 2.62. The first-order valence-corrected chi connectivity index (χ1v) is 10.1. The summed E-state index contributed by atoms with van der Waals surface area (Å²) < 4.78 is 28.3. The summed E-state index contributed by atoms with van der Waals surface area (Å²) in [6, 6.07) is 12.0. The maximum absolute atomic E-state index is 12.8. The van der Waals surface area contributed by atoms with Gasteiger partial charge in [0.25, 0.3) is 15.9 Å². The molecule has 27 heavy (non-hydrogen) atoms. The molecule has 1 saturated heterocycles. The summed E-state index contributed by atoms with van der Waals surface area (Å²) in [6.07, 6.45) is 0. The third-order valence-electron chi connectivity index (χ3n) is 4.40. The quantitative estimate of drug-likeness (QED) is 0.813. The summed E-state index contributed by atoms with van der Waals surface area (Å²) >= 11 is 0. The lowest BCUT2D eigenvalue weighted by Gasteiger charge is -2.27. The van der Waals surface area contributed by atoms with Crippen LogP contribution in [0.1, 0.15) is 21.5 Å². The normalized spacial score (nSPS) is 14.4. The molecule has 2 aromatic carbocycles. The van der Waals surface area contributed by atoms with Crippen molar-refractivity contribution in [2.24, 2.45) is 0 Å². The van der Waals surface area contributed by atoms with Gasteiger partial charge in [-0.1, -0.05) is 18.2 Å². The number of hydrogen-bond acceptors (Lipinski definition) is 4. The highest BCUT2D eigenvalue weighted by molar-refractivity contribution is 7.92. The van der Waals surface area contributed by atoms with Crippen molar-refractivity contribution >= 4 is 34.0 Å². The molecule has 1 aliphatic heterocycles. The number of nitrogens with zero attached hydrogens (tertiary/aromatic N) is 1. The smallest absolute Gasteiger partial charge is 0.262 e. The number of sulfonamides is 1. The highest BCUT2D eigenvalue weighted by atomic mass is 35.5. The molecule has 0 spiro atoms. The Kier molecular flexibility index (Phi) is 6.86. The number of halogens is 1. The molecular weight excluding hydrogens is 386 g/mol. The van der Waals surface area contributed by atoms with E-state index in [4.69, 9.17) is 0 Å². The minimum atomic E-state index is -3.78. The fourth-order valence-corrected chi connectivity index (χ4v) is 4.31. The van der Waals surface area contributed by atoms with Gasteiger partial charge in [0.1, 0.15) is 0 Å². The van der Waals surface area contributed by atoms with Gasteiger partial charge in [0.2, 0.25) is 0 Å². The van der Waals surface area contributed by atoms with Gasteiger partial charge in [0, 0.05) is 37.4 Å². The summed E-state index contributed by atoms with van der Waals surface area (Å²) in [5.41, 5.74) is 2.46. The van der Waals surface area contributed by atoms with Crippen molar-refractivity contribution in [2.75, 3.05) is 30.9 Å². The van der Waals surface area contributed by atoms with Gasteiger partial charge in [-0.2, -0.15) is 0 Å². The molecule has 3 rings (SSSR count). The van der Waals surface area contributed by atoms with Crippen molar-refractivity contribution < 1.29 is 13.2 Å². The maximum atomic E-state index is 12.8. The zero-order valence-corrected chi connectivity index (χ0v) is 17.0. The van der Waals surface area contributed by atoms with Gasteiger partial charge < -0.3 is 10.2 Å². The number of rotatable bonds is 4. The van der Waals surface area contributed by atoms with Crippen LogP contribution in [-0.4, -0.2) is 45.4 Å². The Bertz CT molecular complexity index is 926. The van der Waals surface area contributed by atoms with Crippen LogP contribution in [0.2, 0.25) is 0 Å². The first-order valence-electron chi connectivity index (χ1n) is 8.57. The van der Waals surface area contributed by atoms with Crippen LogP contribution in [0.5, 0.6) is 0 Å². The zero-order chi connectivity index (χ0) is 18.7. The Labute approximate surface area is 166 Å². The molecule has 1 fully saturated rings. The van der Waals surface area contributed by atoms with Gasteiger partial charge >= 0.3 is 0 Å². The minimum Gasteiger partial charge on any atom is -0.336 e. The SMILES string of the molecule is Cc1cccc(NS(=O)(=O)c2cc(C(=O)N3CCNCC3)ccc2C)c1.Cl. The number of aryl methyl sites for hydroxylation is 2. The second kappa shape index (κ2) is 8.73. The van der Waals surface area contributed by atoms with Gasteiger partial charge in [0.05, 0.1) is 4.90 Å². The minimum absolute atomic E-state index is 0. The topological polar surface area (TPSA) is 78.5 Å². The van der Waals surface area contributed by atoms with Gasteiger partial charge in [-0.15, -0.1) is 12.4 Å². The van der Waals surface area contributed by atoms with E-state index in [1.807, 2.05) is 13.0 Å². The Hall–Kier alpha value is -2.09. The predicted molar refractivity (Wildman–Crippen MR) is 109 cm³/mol. The number of carbonyl (C=O) groups excluding carboxylic acids is 1. The van der Waals surface area contributed by atoms with E-state index in [0.29, 0.717) is 29.9 Å². The molecular formula is C19H24ClN3O3S. The number of hydrogen-bond donors (Lipinski definition) is 2. The molecule has 0 unspecified atom stereocenters. The number of benzene rings is 2. The molecule has 0 aliphatic carbocycles. The second-order valence-corrected chi connectivity index (χ2v) is 8.15. The Morgan fingerprint density at radius 2 is 1.78 bits per heavy atom. The van der Waals surface area contributed by atoms with Gasteiger partial charge in [-0.25, -0.2) is 8.42 Å². The van der Waals surface area contributed by atoms with Crippen LogP contribution >= 0.6 is 12.4 Å². The third-order valence-corrected chi connectivity index (χ3v) is 5.92. The number of anilines is 1. The molecule has 8 heteroatoms. The number of piperazine rings is 1. The van der Waals surface area contributed by atoms with E-state index in [0.717, 1.165) is 18.7 Å². The number of carbonyl (C=O) groups is 1. The Morgan fingerprint density at radius 1 is 1.07 bits per heavy atom. The molecule has 0 saturated carbocycles. The van der Waals surface area contributed by atoms with Crippen LogP contribution in [0.4, 0.5) is 5.69 Å². The molecule has 2 aromatic rings. The first-order chi connectivity index (χ1) is 12.4. The van der Waals surface area contributed by atoms with Crippen molar-refractivity contribution in [3.63, 3.8) is 0 Å². The third kappa shape index (κ3) is 5.00. The molecule has 1 heterocycles. The summed E-state index contributed by atoms with van der Waals surface area (Å²) in [5.74, 6) is -0.140. The van der Waals surface area contributed by atoms with Crippen LogP contribution in [0.25, 0.3) is 0 Å². The average molecular weight is 410 g/mol. The zero-order valence-electron chi connectivity index (χ0n) is 15.4. The molecule has 146 valence electrons. The van der Waals surface area contributed by atoms with Gasteiger partial charge in [0.15, 0.2) is 0 Å². The van der Waals surface area contributed by atoms with Gasteiger partial charge in [-0.05, 0) is 49.2 Å². The van der Waals surface area contributed by atoms with E-state index >= 15 is 0 Å². The van der Waals surface area contributed by atoms with Crippen LogP contribution < -0.4 is 10.0 Å². The van der Waals surface area contributed by atoms with Crippen molar-refractivity contribution in [3.05, 3.63) is 59.2 Å². The lowest BCUT2D eigenvalue weighted by molar-refractivity contribution is 0.0735. The van der Waals surface area contributed by atoms with E-state index in [1.165, 1.54) is 6.07 Å². The van der Waals surface area contributed by atoms with Crippen LogP contribution in [0, 0.1) is 13.8 Å². The Balaban J connectivity index is 0.00000261. The van der Waals surface area contributed by atoms with Crippen molar-refractivity contribution in [3.8, 4) is 0 Å². The summed E-state index contributed by atoms with van der Waals surface area (Å²) in [4.78, 5) is 14.5. The fourth-order valence-electron chi connectivity index (χ4n) is 2.99. The number of amides is 1. The van der Waals surface area contributed by atoms with E-state index < -0.39 is 10.0 Å². The monoisotopic (exact) mass is 409 g/mol. The molecule has 0 radical (unpaired) electrons. The van der Waals surface area contributed by atoms with E-state index in [9.17, 15) is 13.2 Å². The summed E-state index contributed by atoms with van der Waals surface area (Å²) in [6.45, 7) is 6.36. The van der Waals surface area contributed by atoms with E-state index in [-0.39, 0.29) is 23.2 Å². The van der Waals surface area contributed by atoms with Crippen LogP contribution in [0.3, 0.4) is 0 Å². The molecule has 1 aliphatic rings. The van der Waals surface area contributed by atoms with E-state index in [2.05, 4.69) is 10.0 Å². The van der Waals surface area contributed by atoms with Gasteiger partial charge in [-0.3, -0.25) is 9.52 Å². The maximum Gasteiger partial charge on any atom is 0.262 e. The van der Waals surface area contributed by atoms with E-state index in [1.54, 1.807) is 42.2 Å². The Morgan fingerprint density at radius 3 is 2.44 bits per heavy atom. The molecule has 0 bridgehead atoms. The molecule has 0 aromatic heterocycles. The second-order valence-electron chi connectivity index (χ2n) is 6.50. The summed E-state index contributed by atoms with van der Waals surface area (Å²) in [7, 11) is -3.78. The van der Waals surface area contributed by atoms with Crippen LogP contribution in [0.15, 0.2) is 47.4 Å². The molecule has 1 amide bonds. The van der Waals surface area contributed by atoms with Crippen LogP contribution in [-0.2, 0) is 10.0 Å². The van der Waals surface area contributed by atoms with Crippen molar-refractivity contribution in [1.29, 1.82) is 0 Å². The molecule has 0 atom stereocenters. The largest absolute Gasteiger partial charge is 0.336 e. The highest BCUT2D eigenvalue weighted by Gasteiger charge is 2.22. The lowest BCUT2D eigenvalue weighted by atomic mass is 10.1. The fraction of sp³-hybridized carbons (Fsp3) is 0.316. The van der Waals surface area contributed by atoms with Crippen molar-refractivity contribution in [2.45, 2.75) is 18.7 Å². The number of nitrogens with one attached hydrogen (secondary N) is 2. The standard InChI is InChI=1S/C19H23N3O3S.ClH/c1-14-4-3-5-17(12-14)21-26(24,25)18-13-16(7-6-15(18)2)19(23)22-10-8-20-9-11-22;/h3-7,12-13,20-21H,8-11H2,1-2H3;1H. The predicted octanol–water partition coefficient (Wildman–Crippen LogP) is 2.57. The van der Waals surface area contributed by atoms with Crippen molar-refractivity contribution in [1.82, 2.24) is 10.2 Å². The first kappa shape index (κ1) is 21.2. The summed E-state index contributed by atoms with van der Waals surface area (Å²) in [5, 5.41) is 3.20. The lowest BCUT2D eigenvalue weighted by Crippen LogP contribution is -2.46. The molecule has 6 nitrogen and oxygen atoms in total. The highest BCUT2D eigenvalue weighted by Crippen LogP contribution is 2.22. The molecule has 2 N–H and O–H groups in total.